The zero-order valence-electron chi connectivity index (χ0n) is 10.5. The molecule has 19 heavy (non-hydrogen) atoms. The van der Waals surface area contributed by atoms with E-state index in [1.165, 1.54) is 25.3 Å². The lowest BCUT2D eigenvalue weighted by molar-refractivity contribution is -0.201. The largest absolute Gasteiger partial charge is 0.497 e. The Morgan fingerprint density at radius 3 is 2.42 bits per heavy atom. The van der Waals surface area contributed by atoms with Crippen LogP contribution in [0.3, 0.4) is 0 Å². The lowest BCUT2D eigenvalue weighted by Gasteiger charge is -2.26. The predicted molar refractivity (Wildman–Crippen MR) is 69.4 cm³/mol. The number of benzene rings is 1. The maximum absolute atomic E-state index is 12.9. The molecule has 0 saturated carbocycles. The average molecular weight is 342 g/mol. The molecule has 1 aromatic rings. The lowest BCUT2D eigenvalue weighted by atomic mass is 10.1. The van der Waals surface area contributed by atoms with Gasteiger partial charge >= 0.3 is 6.18 Å². The number of halogens is 4. The molecular weight excluding hydrogens is 327 g/mol. The fraction of sp³-hybridized carbons (Fsp3) is 0.500. The molecule has 0 radical (unpaired) electrons. The summed E-state index contributed by atoms with van der Waals surface area (Å²) >= 11 is 3.14. The molecule has 0 fully saturated rings. The molecule has 0 bridgehead atoms. The fourth-order valence-corrected chi connectivity index (χ4v) is 1.90. The Morgan fingerprint density at radius 2 is 2.00 bits per heavy atom. The molecule has 2 N–H and O–H groups in total. The molecule has 0 aliphatic rings. The third-order valence-electron chi connectivity index (χ3n) is 2.58. The Hall–Kier alpha value is -0.950. The van der Waals surface area contributed by atoms with Crippen molar-refractivity contribution in [2.24, 2.45) is 5.73 Å². The quantitative estimate of drug-likeness (QED) is 0.891. The first-order chi connectivity index (χ1) is 8.79. The van der Waals surface area contributed by atoms with Gasteiger partial charge in [0.25, 0.3) is 0 Å². The van der Waals surface area contributed by atoms with E-state index in [0.717, 1.165) is 0 Å². The maximum atomic E-state index is 12.9. The van der Waals surface area contributed by atoms with Crippen LogP contribution < -0.4 is 15.2 Å². The molecule has 2 atom stereocenters. The second kappa shape index (κ2) is 6.47. The molecule has 0 aliphatic carbocycles. The summed E-state index contributed by atoms with van der Waals surface area (Å²) in [5.41, 5.74) is 5.47. The van der Waals surface area contributed by atoms with Gasteiger partial charge in [0, 0.05) is 0 Å². The van der Waals surface area contributed by atoms with E-state index >= 15 is 0 Å². The second-order valence-electron chi connectivity index (χ2n) is 3.95. The van der Waals surface area contributed by atoms with Gasteiger partial charge in [-0.15, -0.1) is 0 Å². The van der Waals surface area contributed by atoms with E-state index in [0.29, 0.717) is 10.2 Å². The molecular formula is C12H15BrF3NO2. The minimum atomic E-state index is -4.52. The third kappa shape index (κ3) is 4.28. The Kier molecular flexibility index (Phi) is 5.49. The molecule has 7 heteroatoms. The van der Waals surface area contributed by atoms with Crippen molar-refractivity contribution in [2.75, 3.05) is 7.11 Å². The summed E-state index contributed by atoms with van der Waals surface area (Å²) in [4.78, 5) is 0. The van der Waals surface area contributed by atoms with Gasteiger partial charge in [0.15, 0.2) is 0 Å². The maximum Gasteiger partial charge on any atom is 0.426 e. The first-order valence-corrected chi connectivity index (χ1v) is 6.41. The zero-order valence-corrected chi connectivity index (χ0v) is 12.1. The van der Waals surface area contributed by atoms with Crippen LogP contribution in [0.1, 0.15) is 13.3 Å². The van der Waals surface area contributed by atoms with E-state index in [4.69, 9.17) is 15.2 Å². The third-order valence-corrected chi connectivity index (χ3v) is 3.20. The topological polar surface area (TPSA) is 44.5 Å². The molecule has 0 amide bonds. The van der Waals surface area contributed by atoms with Gasteiger partial charge < -0.3 is 15.2 Å². The summed E-state index contributed by atoms with van der Waals surface area (Å²) in [7, 11) is 1.47. The standard InChI is InChI=1S/C12H15BrF3NO2/c1-3-9(17)11(12(14,15)16)19-10-5-4-7(18-2)6-8(10)13/h4-6,9,11H,3,17H2,1-2H3. The van der Waals surface area contributed by atoms with E-state index in [9.17, 15) is 13.2 Å². The monoisotopic (exact) mass is 341 g/mol. The number of ether oxygens (including phenoxy) is 2. The minimum Gasteiger partial charge on any atom is -0.497 e. The van der Waals surface area contributed by atoms with Crippen LogP contribution in [0.4, 0.5) is 13.2 Å². The molecule has 0 spiro atoms. The van der Waals surface area contributed by atoms with Crippen molar-refractivity contribution in [1.29, 1.82) is 0 Å². The van der Waals surface area contributed by atoms with Gasteiger partial charge in [-0.3, -0.25) is 0 Å². The molecule has 3 nitrogen and oxygen atoms in total. The van der Waals surface area contributed by atoms with Crippen molar-refractivity contribution in [1.82, 2.24) is 0 Å². The van der Waals surface area contributed by atoms with Gasteiger partial charge in [0.05, 0.1) is 17.6 Å². The molecule has 1 aromatic carbocycles. The fourth-order valence-electron chi connectivity index (χ4n) is 1.45. The second-order valence-corrected chi connectivity index (χ2v) is 4.80. The highest BCUT2D eigenvalue weighted by Crippen LogP contribution is 2.34. The van der Waals surface area contributed by atoms with Crippen LogP contribution in [0.2, 0.25) is 0 Å². The number of rotatable bonds is 5. The van der Waals surface area contributed by atoms with Crippen LogP contribution in [0, 0.1) is 0 Å². The highest BCUT2D eigenvalue weighted by molar-refractivity contribution is 9.10. The molecule has 0 aromatic heterocycles. The van der Waals surface area contributed by atoms with Crippen molar-refractivity contribution in [3.8, 4) is 11.5 Å². The van der Waals surface area contributed by atoms with Crippen LogP contribution in [0.15, 0.2) is 22.7 Å². The van der Waals surface area contributed by atoms with Crippen molar-refractivity contribution < 1.29 is 22.6 Å². The van der Waals surface area contributed by atoms with Crippen molar-refractivity contribution in [3.05, 3.63) is 22.7 Å². The van der Waals surface area contributed by atoms with E-state index in [2.05, 4.69) is 15.9 Å². The average Bonchev–Trinajstić information content (AvgIpc) is 2.34. The number of nitrogens with two attached hydrogens (primary N) is 1. The van der Waals surface area contributed by atoms with Gasteiger partial charge in [-0.2, -0.15) is 13.2 Å². The molecule has 0 heterocycles. The van der Waals surface area contributed by atoms with Crippen LogP contribution in [-0.4, -0.2) is 25.4 Å². The van der Waals surface area contributed by atoms with Crippen LogP contribution in [-0.2, 0) is 0 Å². The Bertz CT molecular complexity index is 426. The zero-order chi connectivity index (χ0) is 14.6. The van der Waals surface area contributed by atoms with E-state index in [1.807, 2.05) is 0 Å². The Labute approximate surface area is 118 Å². The van der Waals surface area contributed by atoms with Crippen LogP contribution >= 0.6 is 15.9 Å². The summed E-state index contributed by atoms with van der Waals surface area (Å²) < 4.78 is 49.0. The van der Waals surface area contributed by atoms with Crippen LogP contribution in [0.25, 0.3) is 0 Å². The Balaban J connectivity index is 2.97. The van der Waals surface area contributed by atoms with Crippen molar-refractivity contribution in [2.45, 2.75) is 31.7 Å². The first kappa shape index (κ1) is 16.1. The number of hydrogen-bond acceptors (Lipinski definition) is 3. The van der Waals surface area contributed by atoms with E-state index < -0.39 is 18.3 Å². The smallest absolute Gasteiger partial charge is 0.426 e. The number of hydrogen-bond donors (Lipinski definition) is 1. The van der Waals surface area contributed by atoms with Crippen molar-refractivity contribution in [3.63, 3.8) is 0 Å². The minimum absolute atomic E-state index is 0.0759. The summed E-state index contributed by atoms with van der Waals surface area (Å²) in [6.45, 7) is 1.58. The first-order valence-electron chi connectivity index (χ1n) is 5.62. The van der Waals surface area contributed by atoms with Gasteiger partial charge in [-0.05, 0) is 40.5 Å². The number of alkyl halides is 3. The molecule has 108 valence electrons. The van der Waals surface area contributed by atoms with Gasteiger partial charge in [0.2, 0.25) is 6.10 Å². The highest BCUT2D eigenvalue weighted by atomic mass is 79.9. The molecule has 0 aliphatic heterocycles. The van der Waals surface area contributed by atoms with E-state index in [-0.39, 0.29) is 12.2 Å². The normalized spacial score (nSPS) is 14.9. The predicted octanol–water partition coefficient (Wildman–Crippen LogP) is 3.50. The highest BCUT2D eigenvalue weighted by Gasteiger charge is 2.45. The van der Waals surface area contributed by atoms with Crippen molar-refractivity contribution >= 4 is 15.9 Å². The van der Waals surface area contributed by atoms with E-state index in [1.54, 1.807) is 6.92 Å². The summed E-state index contributed by atoms with van der Waals surface area (Å²) in [6.07, 6.45) is -6.39. The summed E-state index contributed by atoms with van der Waals surface area (Å²) in [5.74, 6) is 0.592. The molecule has 1 rings (SSSR count). The van der Waals surface area contributed by atoms with Crippen LogP contribution in [0.5, 0.6) is 11.5 Å². The van der Waals surface area contributed by atoms with Gasteiger partial charge in [-0.25, -0.2) is 0 Å². The lowest BCUT2D eigenvalue weighted by Crippen LogP contribution is -2.48. The summed E-state index contributed by atoms with van der Waals surface area (Å²) in [6, 6.07) is 3.34. The molecule has 0 saturated heterocycles. The molecule has 2 unspecified atom stereocenters. The SMILES string of the molecule is CCC(N)C(Oc1ccc(OC)cc1Br)C(F)(F)F. The van der Waals surface area contributed by atoms with Gasteiger partial charge in [0.1, 0.15) is 11.5 Å². The Morgan fingerprint density at radius 1 is 1.37 bits per heavy atom. The summed E-state index contributed by atoms with van der Waals surface area (Å²) in [5, 5.41) is 0. The van der Waals surface area contributed by atoms with Gasteiger partial charge in [-0.1, -0.05) is 6.92 Å². The number of methoxy groups -OCH3 is 1.